The zero-order valence-corrected chi connectivity index (χ0v) is 20.7. The number of thiazole rings is 1. The zero-order valence-electron chi connectivity index (χ0n) is 19.1. The first-order valence-electron chi connectivity index (χ1n) is 11.4. The quantitative estimate of drug-likeness (QED) is 0.352. The van der Waals surface area contributed by atoms with E-state index in [-0.39, 0.29) is 32.4 Å². The van der Waals surface area contributed by atoms with E-state index in [1.54, 1.807) is 24.4 Å². The molecule has 1 saturated heterocycles. The third-order valence-corrected chi connectivity index (χ3v) is 8.92. The van der Waals surface area contributed by atoms with Crippen molar-refractivity contribution in [2.24, 2.45) is 0 Å². The Morgan fingerprint density at radius 2 is 1.78 bits per heavy atom. The Bertz CT molecular complexity index is 1500. The third-order valence-electron chi connectivity index (χ3n) is 5.98. The fraction of sp³-hybridized carbons (Fsp3) is 0.240. The number of carbonyl (C=O) groups is 1. The first-order chi connectivity index (χ1) is 17.3. The lowest BCUT2D eigenvalue weighted by atomic mass is 10.2. The van der Waals surface area contributed by atoms with E-state index in [2.05, 4.69) is 9.97 Å². The SMILES string of the molecule is O=C(c1ccc(S(=O)(=O)N2CCCCC2)cc1)N(Cc1ccccn1)c1nc2c(F)cc(F)cc2s1. The number of carbonyl (C=O) groups excluding carboxylic acids is 1. The van der Waals surface area contributed by atoms with Gasteiger partial charge in [-0.1, -0.05) is 23.8 Å². The van der Waals surface area contributed by atoms with Gasteiger partial charge < -0.3 is 0 Å². The highest BCUT2D eigenvalue weighted by atomic mass is 32.2. The smallest absolute Gasteiger partial charge is 0.260 e. The standard InChI is InChI=1S/C25H22F2N4O3S2/c26-18-14-21(27)23-22(15-18)35-25(29-23)31(16-19-6-2-3-11-28-19)24(32)17-7-9-20(10-8-17)36(33,34)30-12-4-1-5-13-30/h2-3,6-11,14-15H,1,4-5,12-13,16H2. The molecule has 2 aromatic heterocycles. The summed E-state index contributed by atoms with van der Waals surface area (Å²) in [4.78, 5) is 23.6. The van der Waals surface area contributed by atoms with Gasteiger partial charge in [0.15, 0.2) is 10.9 Å². The minimum absolute atomic E-state index is 0.0295. The number of aromatic nitrogens is 2. The monoisotopic (exact) mass is 528 g/mol. The first-order valence-corrected chi connectivity index (χ1v) is 13.7. The molecule has 0 bridgehead atoms. The van der Waals surface area contributed by atoms with Crippen molar-refractivity contribution in [3.63, 3.8) is 0 Å². The number of rotatable bonds is 6. The van der Waals surface area contributed by atoms with Crippen LogP contribution in [0.2, 0.25) is 0 Å². The Kier molecular flexibility index (Phi) is 6.78. The summed E-state index contributed by atoms with van der Waals surface area (Å²) in [7, 11) is -3.64. The summed E-state index contributed by atoms with van der Waals surface area (Å²) < 4.78 is 55.7. The van der Waals surface area contributed by atoms with Gasteiger partial charge in [0.05, 0.1) is 21.8 Å². The van der Waals surface area contributed by atoms with Gasteiger partial charge in [-0.05, 0) is 55.3 Å². The normalized spacial score (nSPS) is 14.7. The maximum Gasteiger partial charge on any atom is 0.260 e. The van der Waals surface area contributed by atoms with E-state index in [0.29, 0.717) is 18.8 Å². The lowest BCUT2D eigenvalue weighted by Gasteiger charge is -2.26. The maximum atomic E-state index is 14.3. The van der Waals surface area contributed by atoms with Crippen LogP contribution in [0.25, 0.3) is 10.2 Å². The Morgan fingerprint density at radius 3 is 2.47 bits per heavy atom. The van der Waals surface area contributed by atoms with Gasteiger partial charge in [-0.2, -0.15) is 4.31 Å². The molecule has 0 saturated carbocycles. The lowest BCUT2D eigenvalue weighted by Crippen LogP contribution is -2.35. The number of halogens is 2. The van der Waals surface area contributed by atoms with Gasteiger partial charge in [0.1, 0.15) is 11.3 Å². The Balaban J connectivity index is 1.49. The van der Waals surface area contributed by atoms with E-state index in [0.717, 1.165) is 36.7 Å². The number of piperidine rings is 1. The van der Waals surface area contributed by atoms with E-state index in [1.165, 1.54) is 39.5 Å². The van der Waals surface area contributed by atoms with E-state index >= 15 is 0 Å². The Morgan fingerprint density at radius 1 is 1.03 bits per heavy atom. The van der Waals surface area contributed by atoms with Gasteiger partial charge in [-0.3, -0.25) is 14.7 Å². The molecule has 0 unspecified atom stereocenters. The van der Waals surface area contributed by atoms with Gasteiger partial charge in [0, 0.05) is 30.9 Å². The number of sulfonamides is 1. The van der Waals surface area contributed by atoms with Crippen LogP contribution in [0.5, 0.6) is 0 Å². The molecule has 5 rings (SSSR count). The molecule has 0 radical (unpaired) electrons. The van der Waals surface area contributed by atoms with Gasteiger partial charge in [0.25, 0.3) is 5.91 Å². The van der Waals surface area contributed by atoms with Crippen LogP contribution in [0.15, 0.2) is 65.7 Å². The van der Waals surface area contributed by atoms with Crippen molar-refractivity contribution in [1.29, 1.82) is 0 Å². The van der Waals surface area contributed by atoms with Crippen molar-refractivity contribution < 1.29 is 22.0 Å². The summed E-state index contributed by atoms with van der Waals surface area (Å²) in [5.41, 5.74) is 0.772. The molecule has 1 fully saturated rings. The second-order valence-corrected chi connectivity index (χ2v) is 11.4. The minimum Gasteiger partial charge on any atom is -0.278 e. The van der Waals surface area contributed by atoms with E-state index in [1.807, 2.05) is 0 Å². The first kappa shape index (κ1) is 24.4. The summed E-state index contributed by atoms with van der Waals surface area (Å²) in [6.45, 7) is 1.00. The highest BCUT2D eigenvalue weighted by Gasteiger charge is 2.27. The van der Waals surface area contributed by atoms with Crippen LogP contribution in [0.3, 0.4) is 0 Å². The molecule has 3 heterocycles. The molecule has 2 aromatic carbocycles. The lowest BCUT2D eigenvalue weighted by molar-refractivity contribution is 0.0984. The van der Waals surface area contributed by atoms with Crippen molar-refractivity contribution in [3.05, 3.63) is 83.7 Å². The van der Waals surface area contributed by atoms with E-state index in [4.69, 9.17) is 0 Å². The fourth-order valence-electron chi connectivity index (χ4n) is 4.12. The second kappa shape index (κ2) is 10.00. The van der Waals surface area contributed by atoms with Crippen molar-refractivity contribution in [3.8, 4) is 0 Å². The number of pyridine rings is 1. The van der Waals surface area contributed by atoms with Gasteiger partial charge in [0.2, 0.25) is 10.0 Å². The largest absolute Gasteiger partial charge is 0.278 e. The number of fused-ring (bicyclic) bond motifs is 1. The number of anilines is 1. The molecule has 7 nitrogen and oxygen atoms in total. The Hall–Kier alpha value is -3.28. The van der Waals surface area contributed by atoms with E-state index < -0.39 is 27.6 Å². The van der Waals surface area contributed by atoms with Crippen LogP contribution in [0, 0.1) is 11.6 Å². The van der Waals surface area contributed by atoms with Gasteiger partial charge >= 0.3 is 0 Å². The predicted octanol–water partition coefficient (Wildman–Crippen LogP) is 4.99. The van der Waals surface area contributed by atoms with Crippen LogP contribution in [0.1, 0.15) is 35.3 Å². The van der Waals surface area contributed by atoms with Crippen LogP contribution in [0.4, 0.5) is 13.9 Å². The molecule has 186 valence electrons. The molecule has 4 aromatic rings. The topological polar surface area (TPSA) is 83.5 Å². The molecule has 11 heteroatoms. The summed E-state index contributed by atoms with van der Waals surface area (Å²) in [5, 5.41) is 0.176. The molecular weight excluding hydrogens is 506 g/mol. The Labute approximate surface area is 211 Å². The highest BCUT2D eigenvalue weighted by molar-refractivity contribution is 7.89. The van der Waals surface area contributed by atoms with Crippen LogP contribution < -0.4 is 4.90 Å². The number of amides is 1. The summed E-state index contributed by atoms with van der Waals surface area (Å²) >= 11 is 0.986. The van der Waals surface area contributed by atoms with Crippen molar-refractivity contribution in [2.75, 3.05) is 18.0 Å². The number of hydrogen-bond donors (Lipinski definition) is 0. The average Bonchev–Trinajstić information content (AvgIpc) is 3.32. The van der Waals surface area contributed by atoms with Crippen molar-refractivity contribution in [1.82, 2.24) is 14.3 Å². The predicted molar refractivity (Wildman–Crippen MR) is 133 cm³/mol. The molecule has 1 amide bonds. The molecule has 1 aliphatic heterocycles. The molecule has 36 heavy (non-hydrogen) atoms. The molecule has 1 aliphatic rings. The number of nitrogens with zero attached hydrogens (tertiary/aromatic N) is 4. The second-order valence-electron chi connectivity index (χ2n) is 8.43. The average molecular weight is 529 g/mol. The van der Waals surface area contributed by atoms with Crippen LogP contribution in [-0.4, -0.2) is 41.7 Å². The highest BCUT2D eigenvalue weighted by Crippen LogP contribution is 2.33. The molecule has 0 atom stereocenters. The maximum absolute atomic E-state index is 14.3. The van der Waals surface area contributed by atoms with Crippen molar-refractivity contribution in [2.45, 2.75) is 30.7 Å². The fourth-order valence-corrected chi connectivity index (χ4v) is 6.64. The summed E-state index contributed by atoms with van der Waals surface area (Å²) in [6.07, 6.45) is 4.25. The zero-order chi connectivity index (χ0) is 25.3. The minimum atomic E-state index is -3.64. The molecule has 0 aliphatic carbocycles. The van der Waals surface area contributed by atoms with Crippen LogP contribution >= 0.6 is 11.3 Å². The number of benzene rings is 2. The molecule has 0 N–H and O–H groups in total. The van der Waals surface area contributed by atoms with Crippen molar-refractivity contribution >= 4 is 42.6 Å². The molecule has 0 spiro atoms. The summed E-state index contributed by atoms with van der Waals surface area (Å²) in [6, 6.07) is 12.9. The van der Waals surface area contributed by atoms with Gasteiger partial charge in [-0.15, -0.1) is 0 Å². The summed E-state index contributed by atoms with van der Waals surface area (Å²) in [5.74, 6) is -2.02. The third kappa shape index (κ3) is 4.86. The molecular formula is C25H22F2N4O3S2. The van der Waals surface area contributed by atoms with E-state index in [9.17, 15) is 22.0 Å². The van der Waals surface area contributed by atoms with Gasteiger partial charge in [-0.25, -0.2) is 22.2 Å². The van der Waals surface area contributed by atoms with Crippen LogP contribution in [-0.2, 0) is 16.6 Å². The number of hydrogen-bond acceptors (Lipinski definition) is 6.